The molecule has 5 heteroatoms. The molecule has 1 aromatic rings. The molecule has 0 aliphatic carbocycles. The Balaban J connectivity index is 2.30. The number of aromatic nitrogens is 2. The van der Waals surface area contributed by atoms with Crippen LogP contribution in [0.4, 0.5) is 5.82 Å². The fourth-order valence-electron chi connectivity index (χ4n) is 1.11. The summed E-state index contributed by atoms with van der Waals surface area (Å²) in [6.45, 7) is 6.17. The zero-order valence-corrected chi connectivity index (χ0v) is 9.60. The highest BCUT2D eigenvalue weighted by atomic mass is 16.5. The van der Waals surface area contributed by atoms with Gasteiger partial charge in [0.1, 0.15) is 6.07 Å². The normalized spacial score (nSPS) is 10.1. The van der Waals surface area contributed by atoms with E-state index in [1.165, 1.54) is 6.20 Å². The first-order chi connectivity index (χ1) is 7.74. The molecule has 86 valence electrons. The van der Waals surface area contributed by atoms with Crippen LogP contribution < -0.4 is 5.32 Å². The van der Waals surface area contributed by atoms with E-state index in [9.17, 15) is 0 Å². The summed E-state index contributed by atoms with van der Waals surface area (Å²) in [5.41, 5.74) is 0.311. The molecule has 1 rings (SSSR count). The van der Waals surface area contributed by atoms with E-state index in [4.69, 9.17) is 10.00 Å². The van der Waals surface area contributed by atoms with Crippen LogP contribution in [0.5, 0.6) is 0 Å². The van der Waals surface area contributed by atoms with E-state index in [0.717, 1.165) is 6.61 Å². The number of rotatable bonds is 6. The molecule has 0 atom stereocenters. The third-order valence-corrected chi connectivity index (χ3v) is 1.79. The fraction of sp³-hybridized carbons (Fsp3) is 0.545. The largest absolute Gasteiger partial charge is 0.379 e. The second-order valence-electron chi connectivity index (χ2n) is 3.76. The van der Waals surface area contributed by atoms with Crippen LogP contribution >= 0.6 is 0 Å². The van der Waals surface area contributed by atoms with Crippen LogP contribution in [0.2, 0.25) is 0 Å². The first-order valence-electron chi connectivity index (χ1n) is 5.26. The predicted octanol–water partition coefficient (Wildman–Crippen LogP) is 1.43. The Morgan fingerprint density at radius 1 is 1.44 bits per heavy atom. The Morgan fingerprint density at radius 2 is 2.19 bits per heavy atom. The molecule has 0 radical (unpaired) electrons. The van der Waals surface area contributed by atoms with Crippen molar-refractivity contribution in [3.63, 3.8) is 0 Å². The topological polar surface area (TPSA) is 70.8 Å². The van der Waals surface area contributed by atoms with Gasteiger partial charge in [0, 0.05) is 25.5 Å². The molecule has 0 saturated heterocycles. The third kappa shape index (κ3) is 4.24. The summed E-state index contributed by atoms with van der Waals surface area (Å²) in [7, 11) is 0. The summed E-state index contributed by atoms with van der Waals surface area (Å²) in [4.78, 5) is 7.93. The van der Waals surface area contributed by atoms with Gasteiger partial charge in [0.05, 0.1) is 6.61 Å². The molecule has 0 aromatic carbocycles. The maximum atomic E-state index is 8.77. The van der Waals surface area contributed by atoms with Crippen LogP contribution in [0.25, 0.3) is 0 Å². The van der Waals surface area contributed by atoms with E-state index in [-0.39, 0.29) is 0 Å². The smallest absolute Gasteiger partial charge is 0.182 e. The average Bonchev–Trinajstić information content (AvgIpc) is 2.29. The van der Waals surface area contributed by atoms with Crippen LogP contribution in [-0.2, 0) is 4.74 Å². The number of nitriles is 1. The molecule has 0 fully saturated rings. The van der Waals surface area contributed by atoms with E-state index in [1.54, 1.807) is 6.20 Å². The minimum absolute atomic E-state index is 0.311. The van der Waals surface area contributed by atoms with Crippen molar-refractivity contribution in [2.45, 2.75) is 13.8 Å². The molecule has 16 heavy (non-hydrogen) atoms. The standard InChI is InChI=1S/C11H16N4O/c1-9(2)8-16-6-5-15-11-10(7-12)13-3-4-14-11/h3-4,9H,5-6,8H2,1-2H3,(H,14,15). The number of ether oxygens (including phenoxy) is 1. The fourth-order valence-corrected chi connectivity index (χ4v) is 1.11. The second kappa shape index (κ2) is 6.75. The van der Waals surface area contributed by atoms with Gasteiger partial charge in [-0.3, -0.25) is 0 Å². The molecular formula is C11H16N4O. The van der Waals surface area contributed by atoms with Crippen molar-refractivity contribution in [2.24, 2.45) is 5.92 Å². The summed E-state index contributed by atoms with van der Waals surface area (Å²) in [6.07, 6.45) is 3.05. The van der Waals surface area contributed by atoms with Gasteiger partial charge in [0.15, 0.2) is 11.5 Å². The molecule has 1 N–H and O–H groups in total. The lowest BCUT2D eigenvalue weighted by Crippen LogP contribution is -2.13. The van der Waals surface area contributed by atoms with E-state index in [2.05, 4.69) is 29.1 Å². The van der Waals surface area contributed by atoms with E-state index in [0.29, 0.717) is 30.6 Å². The SMILES string of the molecule is CC(C)COCCNc1nccnc1C#N. The maximum Gasteiger partial charge on any atom is 0.182 e. The second-order valence-corrected chi connectivity index (χ2v) is 3.76. The van der Waals surface area contributed by atoms with E-state index < -0.39 is 0 Å². The average molecular weight is 220 g/mol. The maximum absolute atomic E-state index is 8.77. The number of nitrogens with one attached hydrogen (secondary N) is 1. The molecule has 0 aliphatic heterocycles. The van der Waals surface area contributed by atoms with Crippen molar-refractivity contribution in [1.29, 1.82) is 5.26 Å². The van der Waals surface area contributed by atoms with Gasteiger partial charge in [-0.25, -0.2) is 9.97 Å². The van der Waals surface area contributed by atoms with Gasteiger partial charge in [-0.2, -0.15) is 5.26 Å². The van der Waals surface area contributed by atoms with Gasteiger partial charge in [-0.05, 0) is 5.92 Å². The van der Waals surface area contributed by atoms with Gasteiger partial charge in [-0.15, -0.1) is 0 Å². The first-order valence-corrected chi connectivity index (χ1v) is 5.26. The van der Waals surface area contributed by atoms with Crippen LogP contribution in [-0.4, -0.2) is 29.7 Å². The van der Waals surface area contributed by atoms with Gasteiger partial charge in [0.2, 0.25) is 0 Å². The molecule has 0 unspecified atom stereocenters. The van der Waals surface area contributed by atoms with Crippen LogP contribution in [0.3, 0.4) is 0 Å². The number of hydrogen-bond donors (Lipinski definition) is 1. The molecule has 1 aromatic heterocycles. The molecule has 0 saturated carbocycles. The van der Waals surface area contributed by atoms with Gasteiger partial charge in [0.25, 0.3) is 0 Å². The first kappa shape index (κ1) is 12.4. The van der Waals surface area contributed by atoms with Crippen molar-refractivity contribution >= 4 is 5.82 Å². The van der Waals surface area contributed by atoms with E-state index in [1.807, 2.05) is 6.07 Å². The summed E-state index contributed by atoms with van der Waals surface area (Å²) in [6, 6.07) is 1.98. The molecule has 0 spiro atoms. The summed E-state index contributed by atoms with van der Waals surface area (Å²) >= 11 is 0. The lowest BCUT2D eigenvalue weighted by molar-refractivity contribution is 0.118. The number of hydrogen-bond acceptors (Lipinski definition) is 5. The van der Waals surface area contributed by atoms with Crippen molar-refractivity contribution < 1.29 is 4.74 Å². The van der Waals surface area contributed by atoms with Gasteiger partial charge >= 0.3 is 0 Å². The van der Waals surface area contributed by atoms with Crippen molar-refractivity contribution in [3.05, 3.63) is 18.1 Å². The molecule has 0 amide bonds. The van der Waals surface area contributed by atoms with Crippen LogP contribution in [0, 0.1) is 17.2 Å². The van der Waals surface area contributed by atoms with Gasteiger partial charge < -0.3 is 10.1 Å². The van der Waals surface area contributed by atoms with Crippen molar-refractivity contribution in [3.8, 4) is 6.07 Å². The summed E-state index contributed by atoms with van der Waals surface area (Å²) in [5, 5.41) is 11.8. The van der Waals surface area contributed by atoms with Crippen LogP contribution in [0.15, 0.2) is 12.4 Å². The quantitative estimate of drug-likeness (QED) is 0.734. The Labute approximate surface area is 95.5 Å². The predicted molar refractivity (Wildman–Crippen MR) is 60.9 cm³/mol. The minimum atomic E-state index is 0.311. The minimum Gasteiger partial charge on any atom is -0.379 e. The Kier molecular flexibility index (Phi) is 5.23. The Hall–Kier alpha value is -1.67. The summed E-state index contributed by atoms with van der Waals surface area (Å²) < 4.78 is 5.40. The lowest BCUT2D eigenvalue weighted by atomic mass is 10.2. The highest BCUT2D eigenvalue weighted by Gasteiger charge is 2.02. The Morgan fingerprint density at radius 3 is 2.88 bits per heavy atom. The van der Waals surface area contributed by atoms with Crippen molar-refractivity contribution in [2.75, 3.05) is 25.1 Å². The highest BCUT2D eigenvalue weighted by molar-refractivity contribution is 5.46. The third-order valence-electron chi connectivity index (χ3n) is 1.79. The van der Waals surface area contributed by atoms with Crippen molar-refractivity contribution in [1.82, 2.24) is 9.97 Å². The summed E-state index contributed by atoms with van der Waals surface area (Å²) in [5.74, 6) is 1.05. The molecule has 5 nitrogen and oxygen atoms in total. The lowest BCUT2D eigenvalue weighted by Gasteiger charge is -2.08. The zero-order valence-electron chi connectivity index (χ0n) is 9.60. The van der Waals surface area contributed by atoms with Gasteiger partial charge in [-0.1, -0.05) is 13.8 Å². The highest BCUT2D eigenvalue weighted by Crippen LogP contribution is 2.05. The molecule has 0 bridgehead atoms. The zero-order chi connectivity index (χ0) is 11.8. The molecule has 0 aliphatic rings. The molecular weight excluding hydrogens is 204 g/mol. The number of anilines is 1. The number of nitrogens with zero attached hydrogens (tertiary/aromatic N) is 3. The Bertz CT molecular complexity index is 359. The van der Waals surface area contributed by atoms with E-state index >= 15 is 0 Å². The molecule has 1 heterocycles. The van der Waals surface area contributed by atoms with Crippen LogP contribution in [0.1, 0.15) is 19.5 Å². The monoisotopic (exact) mass is 220 g/mol.